The van der Waals surface area contributed by atoms with Crippen molar-refractivity contribution >= 4 is 7.82 Å². The van der Waals surface area contributed by atoms with Gasteiger partial charge in [0, 0.05) is 0 Å². The number of para-hydroxylation sites is 2. The Hall–Kier alpha value is -4.31. The van der Waals surface area contributed by atoms with Crippen molar-refractivity contribution in [2.75, 3.05) is 19.8 Å². The Morgan fingerprint density at radius 1 is 0.580 bits per heavy atom. The van der Waals surface area contributed by atoms with E-state index in [0.29, 0.717) is 11.5 Å². The van der Waals surface area contributed by atoms with Crippen LogP contribution in [0.4, 0.5) is 0 Å². The average Bonchev–Trinajstić information content (AvgIpc) is 3.46. The quantitative estimate of drug-likeness (QED) is 0.0921. The zero-order valence-corrected chi connectivity index (χ0v) is 28.5. The molecule has 9 nitrogen and oxygen atoms in total. The molecule has 5 aromatic rings. The molecule has 6 rings (SSSR count). The molecule has 4 atom stereocenters. The second-order valence-electron chi connectivity index (χ2n) is 11.9. The predicted molar refractivity (Wildman–Crippen MR) is 189 cm³/mol. The minimum absolute atomic E-state index is 0.0558. The smallest absolute Gasteiger partial charge is 0.395 e. The van der Waals surface area contributed by atoms with Gasteiger partial charge in [-0.3, -0.25) is 4.52 Å². The fourth-order valence-corrected chi connectivity index (χ4v) is 6.99. The first kappa shape index (κ1) is 35.5. The summed E-state index contributed by atoms with van der Waals surface area (Å²) in [5.74, 6) is 0.588. The van der Waals surface area contributed by atoms with Crippen LogP contribution < -0.4 is 9.05 Å². The van der Waals surface area contributed by atoms with Gasteiger partial charge in [0.25, 0.3) is 0 Å². The Bertz CT molecular complexity index is 1700. The molecule has 1 fully saturated rings. The van der Waals surface area contributed by atoms with Crippen LogP contribution >= 0.6 is 7.82 Å². The molecule has 1 saturated heterocycles. The monoisotopic (exact) mass is 696 g/mol. The molecular formula is C40H41O9P. The molecule has 0 bridgehead atoms. The van der Waals surface area contributed by atoms with Crippen LogP contribution in [0.15, 0.2) is 152 Å². The van der Waals surface area contributed by atoms with Crippen molar-refractivity contribution in [3.63, 3.8) is 0 Å². The summed E-state index contributed by atoms with van der Waals surface area (Å²) >= 11 is 0. The Balaban J connectivity index is 1.33. The zero-order valence-electron chi connectivity index (χ0n) is 27.6. The van der Waals surface area contributed by atoms with Crippen molar-refractivity contribution in [2.45, 2.75) is 43.7 Å². The van der Waals surface area contributed by atoms with E-state index in [1.165, 1.54) is 0 Å². The van der Waals surface area contributed by atoms with Crippen molar-refractivity contribution in [1.29, 1.82) is 0 Å². The van der Waals surface area contributed by atoms with Crippen LogP contribution in [0.1, 0.15) is 16.7 Å². The Morgan fingerprint density at radius 2 is 1.02 bits per heavy atom. The third-order valence-corrected chi connectivity index (χ3v) is 9.47. The maximum Gasteiger partial charge on any atom is 0.587 e. The van der Waals surface area contributed by atoms with E-state index in [2.05, 4.69) is 0 Å². The van der Waals surface area contributed by atoms with Crippen LogP contribution in [0.5, 0.6) is 11.5 Å². The fourth-order valence-electron chi connectivity index (χ4n) is 5.71. The number of benzene rings is 5. The van der Waals surface area contributed by atoms with Crippen LogP contribution in [0.2, 0.25) is 0 Å². The number of ether oxygens (including phenoxy) is 4. The van der Waals surface area contributed by atoms with Crippen LogP contribution in [0.25, 0.3) is 0 Å². The first-order chi connectivity index (χ1) is 24.5. The normalized spacial score (nSPS) is 20.4. The lowest BCUT2D eigenvalue weighted by atomic mass is 9.95. The van der Waals surface area contributed by atoms with Gasteiger partial charge in [0.05, 0.1) is 39.6 Å². The van der Waals surface area contributed by atoms with E-state index >= 15 is 0 Å². The Labute approximate surface area is 292 Å². The number of hydrogen-bond donors (Lipinski definition) is 1. The summed E-state index contributed by atoms with van der Waals surface area (Å²) in [6.45, 7) is -0.0682. The third-order valence-electron chi connectivity index (χ3n) is 8.15. The lowest BCUT2D eigenvalue weighted by Crippen LogP contribution is -2.52. The molecule has 0 saturated carbocycles. The fraction of sp³-hybridized carbons (Fsp3) is 0.250. The molecule has 0 amide bonds. The molecule has 260 valence electrons. The van der Waals surface area contributed by atoms with Gasteiger partial charge in [-0.25, -0.2) is 4.57 Å². The highest BCUT2D eigenvalue weighted by atomic mass is 31.2. The molecule has 0 radical (unpaired) electrons. The number of phosphoric acid groups is 1. The maximum atomic E-state index is 14.5. The van der Waals surface area contributed by atoms with Crippen molar-refractivity contribution in [3.05, 3.63) is 168 Å². The van der Waals surface area contributed by atoms with E-state index in [9.17, 15) is 9.67 Å². The molecule has 10 heteroatoms. The van der Waals surface area contributed by atoms with Crippen molar-refractivity contribution in [2.24, 2.45) is 0 Å². The SMILES string of the molecule is O=P(OC[C@]1(COCc2ccccc2)O[C@H](CO)[C@@H](OCc2ccccc2)[C@@H]1OCc1ccccc1)(Oc1ccccc1)Oc1ccccc1. The van der Waals surface area contributed by atoms with Gasteiger partial charge in [-0.2, -0.15) is 0 Å². The molecule has 1 aliphatic rings. The van der Waals surface area contributed by atoms with Gasteiger partial charge in [0.15, 0.2) is 0 Å². The summed E-state index contributed by atoms with van der Waals surface area (Å²) in [7, 11) is -4.36. The summed E-state index contributed by atoms with van der Waals surface area (Å²) in [6.07, 6.45) is -2.42. The van der Waals surface area contributed by atoms with Crippen LogP contribution in [-0.2, 0) is 47.9 Å². The number of hydrogen-bond acceptors (Lipinski definition) is 9. The van der Waals surface area contributed by atoms with E-state index < -0.39 is 31.7 Å². The molecule has 0 spiro atoms. The topological polar surface area (TPSA) is 102 Å². The highest BCUT2D eigenvalue weighted by Crippen LogP contribution is 2.51. The third kappa shape index (κ3) is 9.68. The lowest BCUT2D eigenvalue weighted by Gasteiger charge is -2.35. The number of aliphatic hydroxyl groups is 1. The zero-order chi connectivity index (χ0) is 34.5. The van der Waals surface area contributed by atoms with E-state index in [1.54, 1.807) is 48.5 Å². The highest BCUT2D eigenvalue weighted by Gasteiger charge is 2.58. The van der Waals surface area contributed by atoms with Gasteiger partial charge in [0.1, 0.15) is 35.4 Å². The van der Waals surface area contributed by atoms with Crippen molar-refractivity contribution in [1.82, 2.24) is 0 Å². The van der Waals surface area contributed by atoms with Gasteiger partial charge in [-0.1, -0.05) is 127 Å². The number of aliphatic hydroxyl groups excluding tert-OH is 1. The molecule has 0 aromatic heterocycles. The highest BCUT2D eigenvalue weighted by molar-refractivity contribution is 7.49. The molecule has 1 heterocycles. The van der Waals surface area contributed by atoms with Crippen LogP contribution in [-0.4, -0.2) is 48.8 Å². The molecule has 0 unspecified atom stereocenters. The van der Waals surface area contributed by atoms with Crippen LogP contribution in [0.3, 0.4) is 0 Å². The average molecular weight is 697 g/mol. The first-order valence-electron chi connectivity index (χ1n) is 16.5. The standard InChI is InChI=1S/C40H41O9P/c41-26-37-38(44-28-33-18-8-2-9-19-33)39(45-29-34-20-10-3-11-21-34)40(47-37,30-43-27-32-16-6-1-7-17-32)31-46-50(42,48-35-22-12-4-13-23-35)49-36-24-14-5-15-25-36/h1-25,37-39,41H,26-31H2/t37-,38-,39+,40+/m1/s1. The summed E-state index contributed by atoms with van der Waals surface area (Å²) in [4.78, 5) is 0. The summed E-state index contributed by atoms with van der Waals surface area (Å²) in [5.41, 5.74) is 1.39. The molecule has 5 aromatic carbocycles. The van der Waals surface area contributed by atoms with E-state index in [1.807, 2.05) is 103 Å². The number of phosphoric ester groups is 1. The lowest BCUT2D eigenvalue weighted by molar-refractivity contribution is -0.168. The van der Waals surface area contributed by atoms with E-state index in [0.717, 1.165) is 16.7 Å². The Kier molecular flexibility index (Phi) is 12.5. The molecule has 1 N–H and O–H groups in total. The summed E-state index contributed by atoms with van der Waals surface area (Å²) in [5, 5.41) is 10.6. The first-order valence-corrected chi connectivity index (χ1v) is 18.0. The van der Waals surface area contributed by atoms with E-state index in [4.69, 9.17) is 32.5 Å². The van der Waals surface area contributed by atoms with Crippen molar-refractivity contribution < 1.29 is 42.2 Å². The largest absolute Gasteiger partial charge is 0.587 e. The minimum atomic E-state index is -4.36. The second-order valence-corrected chi connectivity index (χ2v) is 13.4. The predicted octanol–water partition coefficient (Wildman–Crippen LogP) is 7.79. The van der Waals surface area contributed by atoms with Gasteiger partial charge < -0.3 is 33.1 Å². The second kappa shape index (κ2) is 17.6. The summed E-state index contributed by atoms with van der Waals surface area (Å²) in [6, 6.07) is 46.5. The van der Waals surface area contributed by atoms with Crippen LogP contribution in [0, 0.1) is 0 Å². The molecule has 1 aliphatic heterocycles. The molecule has 50 heavy (non-hydrogen) atoms. The van der Waals surface area contributed by atoms with Gasteiger partial charge >= 0.3 is 7.82 Å². The van der Waals surface area contributed by atoms with E-state index in [-0.39, 0.29) is 39.6 Å². The van der Waals surface area contributed by atoms with Gasteiger partial charge in [-0.15, -0.1) is 0 Å². The molecular weight excluding hydrogens is 655 g/mol. The Morgan fingerprint density at radius 3 is 1.50 bits per heavy atom. The molecule has 0 aliphatic carbocycles. The maximum absolute atomic E-state index is 14.5. The van der Waals surface area contributed by atoms with Gasteiger partial charge in [0.2, 0.25) is 0 Å². The minimum Gasteiger partial charge on any atom is -0.395 e. The van der Waals surface area contributed by atoms with Crippen molar-refractivity contribution in [3.8, 4) is 11.5 Å². The summed E-state index contributed by atoms with van der Waals surface area (Å²) < 4.78 is 58.6. The van der Waals surface area contributed by atoms with Gasteiger partial charge in [-0.05, 0) is 41.0 Å². The number of rotatable bonds is 18.